The van der Waals surface area contributed by atoms with E-state index in [9.17, 15) is 4.79 Å². The third-order valence-corrected chi connectivity index (χ3v) is 6.62. The van der Waals surface area contributed by atoms with E-state index in [2.05, 4.69) is 45.0 Å². The standard InChI is InChI=1S/C20H27N5OS/c1-14-9-21-15(2)8-18(14)25-7-5-20(13-25)4-6-24(12-20)11-17-10-22-19(27-17)23-16(3)26/h8-10H,4-7,11-13H2,1-3H3,(H,22,23,26). The van der Waals surface area contributed by atoms with Crippen LogP contribution in [0.1, 0.15) is 35.9 Å². The molecule has 0 radical (unpaired) electrons. The highest BCUT2D eigenvalue weighted by Crippen LogP contribution is 2.42. The predicted molar refractivity (Wildman–Crippen MR) is 109 cm³/mol. The number of aromatic nitrogens is 2. The van der Waals surface area contributed by atoms with Gasteiger partial charge in [0.15, 0.2) is 5.13 Å². The van der Waals surface area contributed by atoms with Crippen molar-refractivity contribution in [2.24, 2.45) is 5.41 Å². The Balaban J connectivity index is 1.38. The summed E-state index contributed by atoms with van der Waals surface area (Å²) in [5.74, 6) is -0.0660. The third kappa shape index (κ3) is 3.99. The first-order chi connectivity index (χ1) is 12.9. The van der Waals surface area contributed by atoms with Crippen LogP contribution in [0.3, 0.4) is 0 Å². The number of aryl methyl sites for hydroxylation is 2. The van der Waals surface area contributed by atoms with Crippen LogP contribution in [0.25, 0.3) is 0 Å². The van der Waals surface area contributed by atoms with Crippen molar-refractivity contribution in [3.8, 4) is 0 Å². The summed E-state index contributed by atoms with van der Waals surface area (Å²) < 4.78 is 0. The highest BCUT2D eigenvalue weighted by atomic mass is 32.1. The first-order valence-electron chi connectivity index (χ1n) is 9.55. The summed E-state index contributed by atoms with van der Waals surface area (Å²) in [7, 11) is 0. The van der Waals surface area contributed by atoms with Gasteiger partial charge in [-0.1, -0.05) is 0 Å². The van der Waals surface area contributed by atoms with E-state index >= 15 is 0 Å². The van der Waals surface area contributed by atoms with E-state index < -0.39 is 0 Å². The lowest BCUT2D eigenvalue weighted by Crippen LogP contribution is -2.31. The summed E-state index contributed by atoms with van der Waals surface area (Å²) in [6, 6.07) is 2.22. The maximum absolute atomic E-state index is 11.2. The number of nitrogens with one attached hydrogen (secondary N) is 1. The third-order valence-electron chi connectivity index (χ3n) is 5.72. The highest BCUT2D eigenvalue weighted by Gasteiger charge is 2.43. The quantitative estimate of drug-likeness (QED) is 0.876. The fourth-order valence-corrected chi connectivity index (χ4v) is 5.30. The molecule has 2 aliphatic rings. The molecule has 7 heteroatoms. The number of hydrogen-bond donors (Lipinski definition) is 1. The molecule has 1 unspecified atom stereocenters. The highest BCUT2D eigenvalue weighted by molar-refractivity contribution is 7.15. The number of thiazole rings is 1. The van der Waals surface area contributed by atoms with E-state index in [4.69, 9.17) is 0 Å². The van der Waals surface area contributed by atoms with Crippen LogP contribution in [0.4, 0.5) is 10.8 Å². The van der Waals surface area contributed by atoms with Crippen LogP contribution in [-0.2, 0) is 11.3 Å². The summed E-state index contributed by atoms with van der Waals surface area (Å²) in [5, 5.41) is 3.47. The molecule has 6 nitrogen and oxygen atoms in total. The minimum atomic E-state index is -0.0660. The van der Waals surface area contributed by atoms with Gasteiger partial charge >= 0.3 is 0 Å². The van der Waals surface area contributed by atoms with Crippen molar-refractivity contribution < 1.29 is 4.79 Å². The Labute approximate surface area is 164 Å². The number of amides is 1. The van der Waals surface area contributed by atoms with Crippen molar-refractivity contribution in [1.82, 2.24) is 14.9 Å². The average Bonchev–Trinajstić information content (AvgIpc) is 3.32. The number of carbonyl (C=O) groups excluding carboxylic acids is 1. The van der Waals surface area contributed by atoms with Crippen LogP contribution in [0.2, 0.25) is 0 Å². The zero-order chi connectivity index (χ0) is 19.0. The second-order valence-electron chi connectivity index (χ2n) is 8.06. The average molecular weight is 386 g/mol. The molecule has 2 aromatic rings. The van der Waals surface area contributed by atoms with Gasteiger partial charge in [0.1, 0.15) is 0 Å². The molecule has 27 heavy (non-hydrogen) atoms. The molecule has 2 fully saturated rings. The van der Waals surface area contributed by atoms with Crippen molar-refractivity contribution in [3.05, 3.63) is 34.6 Å². The molecule has 0 aromatic carbocycles. The van der Waals surface area contributed by atoms with Crippen LogP contribution in [-0.4, -0.2) is 47.0 Å². The Morgan fingerprint density at radius 3 is 2.85 bits per heavy atom. The van der Waals surface area contributed by atoms with Crippen LogP contribution < -0.4 is 10.2 Å². The Hall–Kier alpha value is -1.99. The lowest BCUT2D eigenvalue weighted by atomic mass is 9.86. The fourth-order valence-electron chi connectivity index (χ4n) is 4.40. The van der Waals surface area contributed by atoms with Crippen LogP contribution in [0.15, 0.2) is 18.5 Å². The maximum atomic E-state index is 11.2. The van der Waals surface area contributed by atoms with Gasteiger partial charge in [-0.15, -0.1) is 11.3 Å². The molecule has 0 saturated carbocycles. The van der Waals surface area contributed by atoms with E-state index in [0.29, 0.717) is 10.5 Å². The second kappa shape index (κ2) is 7.20. The van der Waals surface area contributed by atoms with E-state index in [1.807, 2.05) is 12.4 Å². The molecule has 2 saturated heterocycles. The van der Waals surface area contributed by atoms with E-state index in [0.717, 1.165) is 38.4 Å². The van der Waals surface area contributed by atoms with Crippen molar-refractivity contribution >= 4 is 28.1 Å². The maximum Gasteiger partial charge on any atom is 0.223 e. The largest absolute Gasteiger partial charge is 0.371 e. The first-order valence-corrected chi connectivity index (χ1v) is 10.4. The number of hydrogen-bond acceptors (Lipinski definition) is 6. The zero-order valence-electron chi connectivity index (χ0n) is 16.3. The smallest absolute Gasteiger partial charge is 0.223 e. The molecule has 1 N–H and O–H groups in total. The molecule has 1 spiro atoms. The van der Waals surface area contributed by atoms with Gasteiger partial charge in [0.05, 0.1) is 0 Å². The van der Waals surface area contributed by atoms with Gasteiger partial charge in [0, 0.05) is 67.2 Å². The van der Waals surface area contributed by atoms with Crippen LogP contribution in [0, 0.1) is 19.3 Å². The fraction of sp³-hybridized carbons (Fsp3) is 0.550. The number of carbonyl (C=O) groups is 1. The molecular formula is C20H27N5OS. The van der Waals surface area contributed by atoms with Gasteiger partial charge in [-0.2, -0.15) is 0 Å². The molecule has 1 amide bonds. The molecule has 1 atom stereocenters. The molecule has 0 bridgehead atoms. The van der Waals surface area contributed by atoms with E-state index in [1.54, 1.807) is 11.3 Å². The van der Waals surface area contributed by atoms with Crippen molar-refractivity contribution in [2.75, 3.05) is 36.4 Å². The number of likely N-dealkylation sites (tertiary alicyclic amines) is 1. The lowest BCUT2D eigenvalue weighted by molar-refractivity contribution is -0.114. The van der Waals surface area contributed by atoms with Crippen LogP contribution >= 0.6 is 11.3 Å². The summed E-state index contributed by atoms with van der Waals surface area (Å²) >= 11 is 1.58. The van der Waals surface area contributed by atoms with Gasteiger partial charge < -0.3 is 10.2 Å². The van der Waals surface area contributed by atoms with E-state index in [1.165, 1.54) is 35.9 Å². The van der Waals surface area contributed by atoms with Crippen molar-refractivity contribution in [3.63, 3.8) is 0 Å². The SMILES string of the molecule is CC(=O)Nc1ncc(CN2CCC3(CCN(c4cc(C)ncc4C)C3)C2)s1. The summed E-state index contributed by atoms with van der Waals surface area (Å²) in [6.45, 7) is 11.2. The molecule has 4 heterocycles. The summed E-state index contributed by atoms with van der Waals surface area (Å²) in [4.78, 5) is 26.2. The summed E-state index contributed by atoms with van der Waals surface area (Å²) in [6.07, 6.45) is 6.40. The monoisotopic (exact) mass is 385 g/mol. The molecular weight excluding hydrogens is 358 g/mol. The number of nitrogens with zero attached hydrogens (tertiary/aromatic N) is 4. The normalized spacial score (nSPS) is 22.7. The molecule has 4 rings (SSSR count). The minimum Gasteiger partial charge on any atom is -0.371 e. The second-order valence-corrected chi connectivity index (χ2v) is 9.17. The Morgan fingerprint density at radius 2 is 2.04 bits per heavy atom. The topological polar surface area (TPSA) is 61.4 Å². The Kier molecular flexibility index (Phi) is 4.90. The summed E-state index contributed by atoms with van der Waals surface area (Å²) in [5.41, 5.74) is 4.10. The number of pyridine rings is 1. The van der Waals surface area contributed by atoms with Gasteiger partial charge in [-0.25, -0.2) is 4.98 Å². The van der Waals surface area contributed by atoms with Crippen molar-refractivity contribution in [2.45, 2.75) is 40.2 Å². The molecule has 2 aliphatic heterocycles. The first kappa shape index (κ1) is 18.4. The Bertz CT molecular complexity index is 851. The Morgan fingerprint density at radius 1 is 1.22 bits per heavy atom. The number of anilines is 2. The van der Waals surface area contributed by atoms with Gasteiger partial charge in [-0.3, -0.25) is 14.7 Å². The molecule has 2 aromatic heterocycles. The lowest BCUT2D eigenvalue weighted by Gasteiger charge is -2.26. The molecule has 0 aliphatic carbocycles. The van der Waals surface area contributed by atoms with Crippen molar-refractivity contribution in [1.29, 1.82) is 0 Å². The minimum absolute atomic E-state index is 0.0660. The zero-order valence-corrected chi connectivity index (χ0v) is 17.1. The van der Waals surface area contributed by atoms with Gasteiger partial charge in [-0.05, 0) is 44.9 Å². The molecule has 144 valence electrons. The number of rotatable bonds is 4. The van der Waals surface area contributed by atoms with Gasteiger partial charge in [0.2, 0.25) is 5.91 Å². The van der Waals surface area contributed by atoms with E-state index in [-0.39, 0.29) is 5.91 Å². The van der Waals surface area contributed by atoms with Crippen LogP contribution in [0.5, 0.6) is 0 Å². The van der Waals surface area contributed by atoms with Gasteiger partial charge in [0.25, 0.3) is 0 Å². The predicted octanol–water partition coefficient (Wildman–Crippen LogP) is 3.22.